The van der Waals surface area contributed by atoms with Gasteiger partial charge >= 0.3 is 0 Å². The molecule has 1 saturated carbocycles. The maximum absolute atomic E-state index is 14.4. The second kappa shape index (κ2) is 7.72. The molecule has 1 saturated heterocycles. The number of rotatable bonds is 4. The van der Waals surface area contributed by atoms with Crippen LogP contribution in [0.1, 0.15) is 34.3 Å². The van der Waals surface area contributed by atoms with Gasteiger partial charge in [-0.15, -0.1) is 0 Å². The summed E-state index contributed by atoms with van der Waals surface area (Å²) in [6.07, 6.45) is 6.60. The number of hydrogen-bond donors (Lipinski definition) is 0. The number of likely N-dealkylation sites (tertiary alicyclic amines) is 1. The molecular formula is C24H23FN4O2. The smallest absolute Gasteiger partial charge is 0.256 e. The molecule has 5 rings (SSSR count). The maximum atomic E-state index is 14.4. The monoisotopic (exact) mass is 418 g/mol. The molecule has 2 aliphatic rings. The number of amides is 1. The molecule has 1 amide bonds. The number of hydrogen-bond acceptors (Lipinski definition) is 5. The molecule has 0 N–H and O–H groups in total. The molecule has 31 heavy (non-hydrogen) atoms. The van der Waals surface area contributed by atoms with Gasteiger partial charge in [0.2, 0.25) is 5.88 Å². The van der Waals surface area contributed by atoms with Crippen LogP contribution in [0.2, 0.25) is 0 Å². The van der Waals surface area contributed by atoms with Gasteiger partial charge in [-0.05, 0) is 61.9 Å². The number of carbonyl (C=O) groups excluding carboxylic acids is 1. The number of aryl methyl sites for hydroxylation is 2. The highest BCUT2D eigenvalue weighted by Crippen LogP contribution is 2.41. The summed E-state index contributed by atoms with van der Waals surface area (Å²) in [6, 6.07) is 8.40. The molecule has 0 spiro atoms. The van der Waals surface area contributed by atoms with Gasteiger partial charge in [0.05, 0.1) is 11.6 Å². The molecular weight excluding hydrogens is 395 g/mol. The fourth-order valence-corrected chi connectivity index (χ4v) is 4.64. The highest BCUT2D eigenvalue weighted by Gasteiger charge is 2.48. The average Bonchev–Trinajstić information content (AvgIpc) is 3.36. The fraction of sp³-hybridized carbons (Fsp3) is 0.333. The zero-order chi connectivity index (χ0) is 21.5. The van der Waals surface area contributed by atoms with E-state index in [2.05, 4.69) is 15.0 Å². The Labute approximate surface area is 180 Å². The molecule has 0 radical (unpaired) electrons. The van der Waals surface area contributed by atoms with Crippen LogP contribution >= 0.6 is 0 Å². The van der Waals surface area contributed by atoms with Crippen molar-refractivity contribution in [3.63, 3.8) is 0 Å². The van der Waals surface area contributed by atoms with E-state index in [1.807, 2.05) is 30.9 Å². The minimum atomic E-state index is -0.498. The first-order valence-electron chi connectivity index (χ1n) is 10.5. The molecule has 6 nitrogen and oxygen atoms in total. The molecule has 4 heterocycles. The molecule has 3 atom stereocenters. The van der Waals surface area contributed by atoms with Gasteiger partial charge in [-0.1, -0.05) is 6.07 Å². The van der Waals surface area contributed by atoms with Gasteiger partial charge in [-0.3, -0.25) is 14.8 Å². The number of fused-ring (bicyclic) bond motifs is 2. The summed E-state index contributed by atoms with van der Waals surface area (Å²) in [6.45, 7) is 4.52. The third kappa shape index (κ3) is 3.65. The highest BCUT2D eigenvalue weighted by molar-refractivity contribution is 6.00. The predicted molar refractivity (Wildman–Crippen MR) is 113 cm³/mol. The SMILES string of the molecule is Cc1ccc(OC2CC3CC2N(C(=O)c2cc(C)cnc2-c2ncccc2F)C3)nc1. The summed E-state index contributed by atoms with van der Waals surface area (Å²) in [4.78, 5) is 28.3. The van der Waals surface area contributed by atoms with Gasteiger partial charge in [-0.25, -0.2) is 9.37 Å². The molecule has 2 fully saturated rings. The summed E-state index contributed by atoms with van der Waals surface area (Å²) >= 11 is 0. The van der Waals surface area contributed by atoms with Crippen LogP contribution in [0.15, 0.2) is 48.9 Å². The minimum absolute atomic E-state index is 0.0393. The fourth-order valence-electron chi connectivity index (χ4n) is 4.64. The van der Waals surface area contributed by atoms with E-state index in [1.54, 1.807) is 18.5 Å². The lowest BCUT2D eigenvalue weighted by molar-refractivity contribution is 0.0466. The number of nitrogens with zero attached hydrogens (tertiary/aromatic N) is 4. The third-order valence-corrected chi connectivity index (χ3v) is 6.08. The van der Waals surface area contributed by atoms with E-state index < -0.39 is 5.82 Å². The maximum Gasteiger partial charge on any atom is 0.256 e. The Balaban J connectivity index is 1.44. The average molecular weight is 418 g/mol. The van der Waals surface area contributed by atoms with Crippen molar-refractivity contribution < 1.29 is 13.9 Å². The standard InChI is InChI=1S/C24H23FN4O2/c1-14-5-6-21(27-11-14)31-20-10-16-9-19(20)29(13-16)24(30)17-8-15(2)12-28-22(17)23-18(25)4-3-7-26-23/h3-8,11-12,16,19-20H,9-10,13H2,1-2H3. The van der Waals surface area contributed by atoms with Gasteiger partial charge in [0, 0.05) is 31.2 Å². The molecule has 158 valence electrons. The third-order valence-electron chi connectivity index (χ3n) is 6.08. The first-order chi connectivity index (χ1) is 15.0. The first kappa shape index (κ1) is 19.6. The number of pyridine rings is 3. The van der Waals surface area contributed by atoms with Crippen LogP contribution in [0.25, 0.3) is 11.4 Å². The van der Waals surface area contributed by atoms with Crippen LogP contribution in [0.4, 0.5) is 4.39 Å². The molecule has 7 heteroatoms. The van der Waals surface area contributed by atoms with Crippen molar-refractivity contribution in [2.75, 3.05) is 6.54 Å². The van der Waals surface area contributed by atoms with Crippen LogP contribution in [0.3, 0.4) is 0 Å². The largest absolute Gasteiger partial charge is 0.472 e. The number of aromatic nitrogens is 3. The summed E-state index contributed by atoms with van der Waals surface area (Å²) in [7, 11) is 0. The zero-order valence-electron chi connectivity index (χ0n) is 17.5. The van der Waals surface area contributed by atoms with Crippen LogP contribution in [0.5, 0.6) is 5.88 Å². The van der Waals surface area contributed by atoms with E-state index >= 15 is 0 Å². The van der Waals surface area contributed by atoms with Crippen molar-refractivity contribution in [2.24, 2.45) is 5.92 Å². The molecule has 3 unspecified atom stereocenters. The molecule has 2 bridgehead atoms. The van der Waals surface area contributed by atoms with Crippen LogP contribution in [-0.2, 0) is 0 Å². The molecule has 1 aliphatic carbocycles. The van der Waals surface area contributed by atoms with E-state index in [1.165, 1.54) is 18.3 Å². The van der Waals surface area contributed by atoms with Crippen LogP contribution in [-0.4, -0.2) is 44.4 Å². The predicted octanol–water partition coefficient (Wildman–Crippen LogP) is 3.98. The molecule has 1 aliphatic heterocycles. The van der Waals surface area contributed by atoms with Gasteiger partial charge in [-0.2, -0.15) is 0 Å². The van der Waals surface area contributed by atoms with Crippen LogP contribution < -0.4 is 4.74 Å². The van der Waals surface area contributed by atoms with Crippen molar-refractivity contribution in [1.29, 1.82) is 0 Å². The Bertz CT molecular complexity index is 1130. The normalized spacial score (nSPS) is 22.0. The Morgan fingerprint density at radius 1 is 1.06 bits per heavy atom. The van der Waals surface area contributed by atoms with E-state index in [4.69, 9.17) is 4.74 Å². The lowest BCUT2D eigenvalue weighted by atomic mass is 10.0. The van der Waals surface area contributed by atoms with E-state index in [0.29, 0.717) is 23.9 Å². The van der Waals surface area contributed by atoms with Gasteiger partial charge in [0.15, 0.2) is 5.82 Å². The second-order valence-corrected chi connectivity index (χ2v) is 8.44. The summed E-state index contributed by atoms with van der Waals surface area (Å²) < 4.78 is 20.6. The first-order valence-corrected chi connectivity index (χ1v) is 10.5. The van der Waals surface area contributed by atoms with Crippen LogP contribution in [0, 0.1) is 25.6 Å². The Hall–Kier alpha value is -3.35. The van der Waals surface area contributed by atoms with Gasteiger partial charge in [0.25, 0.3) is 5.91 Å². The zero-order valence-corrected chi connectivity index (χ0v) is 17.5. The lowest BCUT2D eigenvalue weighted by Gasteiger charge is -2.33. The molecule has 3 aromatic rings. The number of piperidine rings is 1. The summed E-state index contributed by atoms with van der Waals surface area (Å²) in [5.41, 5.74) is 2.64. The van der Waals surface area contributed by atoms with E-state index in [9.17, 15) is 9.18 Å². The summed E-state index contributed by atoms with van der Waals surface area (Å²) in [5.74, 6) is 0.303. The van der Waals surface area contributed by atoms with Crippen molar-refractivity contribution in [3.8, 4) is 17.3 Å². The minimum Gasteiger partial charge on any atom is -0.472 e. The molecule has 3 aromatic heterocycles. The number of carbonyl (C=O) groups is 1. The summed E-state index contributed by atoms with van der Waals surface area (Å²) in [5, 5.41) is 0. The van der Waals surface area contributed by atoms with Crippen molar-refractivity contribution in [1.82, 2.24) is 19.9 Å². The van der Waals surface area contributed by atoms with Crippen molar-refractivity contribution in [2.45, 2.75) is 38.8 Å². The van der Waals surface area contributed by atoms with E-state index in [-0.39, 0.29) is 29.4 Å². The Morgan fingerprint density at radius 2 is 1.90 bits per heavy atom. The van der Waals surface area contributed by atoms with Crippen molar-refractivity contribution in [3.05, 3.63) is 71.4 Å². The topological polar surface area (TPSA) is 68.2 Å². The number of ether oxygens (including phenoxy) is 1. The lowest BCUT2D eigenvalue weighted by Crippen LogP contribution is -2.47. The molecule has 0 aromatic carbocycles. The van der Waals surface area contributed by atoms with Crippen molar-refractivity contribution >= 4 is 5.91 Å². The van der Waals surface area contributed by atoms with Gasteiger partial charge in [0.1, 0.15) is 17.5 Å². The quantitative estimate of drug-likeness (QED) is 0.641. The van der Waals surface area contributed by atoms with E-state index in [0.717, 1.165) is 24.0 Å². The second-order valence-electron chi connectivity index (χ2n) is 8.44. The Kier molecular flexibility index (Phi) is 4.88. The Morgan fingerprint density at radius 3 is 2.65 bits per heavy atom. The number of halogens is 1. The van der Waals surface area contributed by atoms with Gasteiger partial charge < -0.3 is 9.64 Å². The highest BCUT2D eigenvalue weighted by atomic mass is 19.1.